The van der Waals surface area contributed by atoms with Crippen LogP contribution in [0.5, 0.6) is 0 Å². The molecule has 0 spiro atoms. The minimum Gasteiger partial charge on any atom is -0.468 e. The van der Waals surface area contributed by atoms with Crippen LogP contribution in [0.2, 0.25) is 0 Å². The Morgan fingerprint density at radius 2 is 2.06 bits per heavy atom. The molecule has 92 valence electrons. The summed E-state index contributed by atoms with van der Waals surface area (Å²) in [5.41, 5.74) is 7.49. The highest BCUT2D eigenvalue weighted by Crippen LogP contribution is 2.17. The zero-order valence-electron chi connectivity index (χ0n) is 10.2. The molecular formula is C12H16N2O3. The van der Waals surface area contributed by atoms with Crippen molar-refractivity contribution >= 4 is 17.6 Å². The molecule has 0 atom stereocenters. The highest BCUT2D eigenvalue weighted by Gasteiger charge is 2.17. The molecule has 0 bridgehead atoms. The van der Waals surface area contributed by atoms with E-state index in [0.717, 1.165) is 5.56 Å². The number of anilines is 1. The topological polar surface area (TPSA) is 72.6 Å². The van der Waals surface area contributed by atoms with E-state index in [1.807, 2.05) is 13.0 Å². The highest BCUT2D eigenvalue weighted by atomic mass is 16.5. The maximum atomic E-state index is 12.0. The van der Waals surface area contributed by atoms with Gasteiger partial charge in [0.15, 0.2) is 0 Å². The molecule has 0 fully saturated rings. The van der Waals surface area contributed by atoms with Crippen molar-refractivity contribution < 1.29 is 14.3 Å². The van der Waals surface area contributed by atoms with Gasteiger partial charge in [0.2, 0.25) is 0 Å². The normalized spacial score (nSPS) is 9.82. The molecule has 1 aromatic rings. The van der Waals surface area contributed by atoms with E-state index in [1.54, 1.807) is 12.1 Å². The molecule has 0 aliphatic rings. The summed E-state index contributed by atoms with van der Waals surface area (Å²) in [6.45, 7) is 1.73. The molecule has 0 radical (unpaired) electrons. The Bertz CT molecular complexity index is 443. The molecule has 17 heavy (non-hydrogen) atoms. The number of benzene rings is 1. The number of esters is 1. The summed E-state index contributed by atoms with van der Waals surface area (Å²) in [7, 11) is 2.81. The molecule has 0 aliphatic heterocycles. The van der Waals surface area contributed by atoms with Gasteiger partial charge in [-0.3, -0.25) is 9.59 Å². The summed E-state index contributed by atoms with van der Waals surface area (Å²) in [6.07, 6.45) is 0. The number of likely N-dealkylation sites (N-methyl/N-ethyl adjacent to an activating group) is 1. The van der Waals surface area contributed by atoms with E-state index < -0.39 is 5.97 Å². The minimum absolute atomic E-state index is 0.0945. The molecule has 0 aliphatic carbocycles. The predicted octanol–water partition coefficient (Wildman–Crippen LogP) is 0.822. The Balaban J connectivity index is 2.89. The van der Waals surface area contributed by atoms with Crippen LogP contribution in [0.25, 0.3) is 0 Å². The number of nitrogen functional groups attached to an aromatic ring is 1. The molecule has 0 heterocycles. The van der Waals surface area contributed by atoms with Crippen molar-refractivity contribution in [2.45, 2.75) is 6.92 Å². The third-order valence-corrected chi connectivity index (χ3v) is 2.50. The summed E-state index contributed by atoms with van der Waals surface area (Å²) in [4.78, 5) is 24.3. The monoisotopic (exact) mass is 236 g/mol. The van der Waals surface area contributed by atoms with Gasteiger partial charge in [0, 0.05) is 12.7 Å². The van der Waals surface area contributed by atoms with Crippen LogP contribution >= 0.6 is 0 Å². The highest BCUT2D eigenvalue weighted by molar-refractivity contribution is 6.00. The third-order valence-electron chi connectivity index (χ3n) is 2.50. The van der Waals surface area contributed by atoms with Gasteiger partial charge in [-0.05, 0) is 18.6 Å². The van der Waals surface area contributed by atoms with Crippen molar-refractivity contribution in [2.75, 3.05) is 26.4 Å². The summed E-state index contributed by atoms with van der Waals surface area (Å²) in [5.74, 6) is -0.760. The third kappa shape index (κ3) is 2.96. The van der Waals surface area contributed by atoms with Gasteiger partial charge in [0.05, 0.1) is 12.7 Å². The van der Waals surface area contributed by atoms with Crippen molar-refractivity contribution in [1.82, 2.24) is 4.90 Å². The van der Waals surface area contributed by atoms with Crippen LogP contribution in [0.3, 0.4) is 0 Å². The maximum absolute atomic E-state index is 12.0. The Hall–Kier alpha value is -2.04. The van der Waals surface area contributed by atoms with E-state index in [9.17, 15) is 9.59 Å². The van der Waals surface area contributed by atoms with Gasteiger partial charge in [-0.15, -0.1) is 0 Å². The van der Waals surface area contributed by atoms with Crippen molar-refractivity contribution in [3.8, 4) is 0 Å². The first kappa shape index (κ1) is 13.0. The maximum Gasteiger partial charge on any atom is 0.325 e. The Morgan fingerprint density at radius 3 is 2.65 bits per heavy atom. The van der Waals surface area contributed by atoms with Crippen LogP contribution in [0.1, 0.15) is 15.9 Å². The second-order valence-electron chi connectivity index (χ2n) is 3.77. The largest absolute Gasteiger partial charge is 0.468 e. The summed E-state index contributed by atoms with van der Waals surface area (Å²) in [6, 6.07) is 5.22. The molecule has 0 saturated heterocycles. The number of methoxy groups -OCH3 is 1. The number of rotatable bonds is 3. The zero-order chi connectivity index (χ0) is 13.0. The molecule has 5 nitrogen and oxygen atoms in total. The predicted molar refractivity (Wildman–Crippen MR) is 64.6 cm³/mol. The number of aryl methyl sites for hydroxylation is 1. The van der Waals surface area contributed by atoms with Gasteiger partial charge in [0.1, 0.15) is 6.54 Å². The molecule has 5 heteroatoms. The molecule has 1 rings (SSSR count). The van der Waals surface area contributed by atoms with Crippen LogP contribution in [0, 0.1) is 6.92 Å². The van der Waals surface area contributed by atoms with Gasteiger partial charge >= 0.3 is 5.97 Å². The summed E-state index contributed by atoms with van der Waals surface area (Å²) in [5, 5.41) is 0. The van der Waals surface area contributed by atoms with E-state index in [2.05, 4.69) is 4.74 Å². The van der Waals surface area contributed by atoms with E-state index in [1.165, 1.54) is 19.1 Å². The minimum atomic E-state index is -0.466. The van der Waals surface area contributed by atoms with Crippen molar-refractivity contribution in [1.29, 1.82) is 0 Å². The first-order valence-corrected chi connectivity index (χ1v) is 5.14. The van der Waals surface area contributed by atoms with E-state index in [-0.39, 0.29) is 12.5 Å². The Kier molecular flexibility index (Phi) is 4.09. The van der Waals surface area contributed by atoms with Crippen LogP contribution in [0.15, 0.2) is 18.2 Å². The number of carbonyl (C=O) groups excluding carboxylic acids is 2. The lowest BCUT2D eigenvalue weighted by atomic mass is 10.1. The number of para-hydroxylation sites is 1. The molecule has 1 amide bonds. The van der Waals surface area contributed by atoms with E-state index in [0.29, 0.717) is 11.3 Å². The smallest absolute Gasteiger partial charge is 0.325 e. The molecule has 0 unspecified atom stereocenters. The number of nitrogens with zero attached hydrogens (tertiary/aromatic N) is 1. The number of ether oxygens (including phenoxy) is 1. The number of nitrogens with two attached hydrogens (primary N) is 1. The van der Waals surface area contributed by atoms with Crippen molar-refractivity contribution in [2.24, 2.45) is 0 Å². The van der Waals surface area contributed by atoms with Crippen LogP contribution in [0.4, 0.5) is 5.69 Å². The van der Waals surface area contributed by atoms with Gasteiger partial charge < -0.3 is 15.4 Å². The Labute approximate surface area is 100 Å². The first-order valence-electron chi connectivity index (χ1n) is 5.14. The van der Waals surface area contributed by atoms with Crippen molar-refractivity contribution in [3.05, 3.63) is 29.3 Å². The lowest BCUT2D eigenvalue weighted by Gasteiger charge is -2.17. The van der Waals surface area contributed by atoms with Gasteiger partial charge in [-0.1, -0.05) is 12.1 Å². The number of carbonyl (C=O) groups is 2. The second-order valence-corrected chi connectivity index (χ2v) is 3.77. The van der Waals surface area contributed by atoms with E-state index in [4.69, 9.17) is 5.73 Å². The summed E-state index contributed by atoms with van der Waals surface area (Å²) < 4.78 is 4.50. The standard InChI is InChI=1S/C12H16N2O3/c1-8-5-4-6-9(11(8)13)12(16)14(2)7-10(15)17-3/h4-6H,7,13H2,1-3H3. The number of amides is 1. The first-order chi connectivity index (χ1) is 7.97. The summed E-state index contributed by atoms with van der Waals surface area (Å²) >= 11 is 0. The van der Waals surface area contributed by atoms with Crippen LogP contribution in [-0.4, -0.2) is 37.5 Å². The van der Waals surface area contributed by atoms with Crippen LogP contribution < -0.4 is 5.73 Å². The molecule has 1 aromatic carbocycles. The Morgan fingerprint density at radius 1 is 1.41 bits per heavy atom. The molecule has 0 aromatic heterocycles. The fraction of sp³-hybridized carbons (Fsp3) is 0.333. The fourth-order valence-corrected chi connectivity index (χ4v) is 1.40. The quantitative estimate of drug-likeness (QED) is 0.623. The van der Waals surface area contributed by atoms with Crippen LogP contribution in [-0.2, 0) is 9.53 Å². The lowest BCUT2D eigenvalue weighted by Crippen LogP contribution is -2.33. The van der Waals surface area contributed by atoms with Crippen molar-refractivity contribution in [3.63, 3.8) is 0 Å². The van der Waals surface area contributed by atoms with Gasteiger partial charge in [0.25, 0.3) is 5.91 Å². The molecule has 2 N–H and O–H groups in total. The average molecular weight is 236 g/mol. The number of hydrogen-bond donors (Lipinski definition) is 1. The van der Waals surface area contributed by atoms with Gasteiger partial charge in [-0.2, -0.15) is 0 Å². The average Bonchev–Trinajstić information content (AvgIpc) is 2.31. The number of hydrogen-bond acceptors (Lipinski definition) is 4. The van der Waals surface area contributed by atoms with E-state index >= 15 is 0 Å². The molecular weight excluding hydrogens is 220 g/mol. The fourth-order valence-electron chi connectivity index (χ4n) is 1.40. The second kappa shape index (κ2) is 5.34. The zero-order valence-corrected chi connectivity index (χ0v) is 10.2. The van der Waals surface area contributed by atoms with Gasteiger partial charge in [-0.25, -0.2) is 0 Å². The lowest BCUT2D eigenvalue weighted by molar-refractivity contribution is -0.141. The SMILES string of the molecule is COC(=O)CN(C)C(=O)c1cccc(C)c1N. The molecule has 0 saturated carbocycles.